The second-order valence-electron chi connectivity index (χ2n) is 1.36. The third-order valence-electron chi connectivity index (χ3n) is 0.667. The van der Waals surface area contributed by atoms with Crippen molar-refractivity contribution in [2.45, 2.75) is 0 Å². The average molecular weight is 204 g/mol. The van der Waals surface area contributed by atoms with Crippen LogP contribution in [0.15, 0.2) is 36.4 Å². The van der Waals surface area contributed by atoms with Gasteiger partial charge in [0.25, 0.3) is 0 Å². The SMILES string of the molecule is O=S([O-])[O-].[Na+].[Na+].c1ccccc1. The van der Waals surface area contributed by atoms with E-state index in [9.17, 15) is 0 Å². The number of hydrogen-bond donors (Lipinski definition) is 0. The van der Waals surface area contributed by atoms with E-state index >= 15 is 0 Å². The zero-order chi connectivity index (χ0) is 7.82. The summed E-state index contributed by atoms with van der Waals surface area (Å²) in [4.78, 5) is 0. The second kappa shape index (κ2) is 14.8. The summed E-state index contributed by atoms with van der Waals surface area (Å²) in [5, 5.41) is 0. The van der Waals surface area contributed by atoms with Crippen molar-refractivity contribution in [1.29, 1.82) is 0 Å². The Morgan fingerprint density at radius 1 is 0.750 bits per heavy atom. The molecule has 0 unspecified atom stereocenters. The van der Waals surface area contributed by atoms with Crippen LogP contribution in [-0.4, -0.2) is 13.3 Å². The molecule has 0 atom stereocenters. The summed E-state index contributed by atoms with van der Waals surface area (Å²) in [5.74, 6) is 0. The molecule has 3 nitrogen and oxygen atoms in total. The topological polar surface area (TPSA) is 63.2 Å². The Morgan fingerprint density at radius 2 is 0.833 bits per heavy atom. The van der Waals surface area contributed by atoms with Gasteiger partial charge in [-0.1, -0.05) is 36.4 Å². The van der Waals surface area contributed by atoms with Gasteiger partial charge in [0.1, 0.15) is 0 Å². The fraction of sp³-hybridized carbons (Fsp3) is 0. The summed E-state index contributed by atoms with van der Waals surface area (Å²) in [6, 6.07) is 12.0. The van der Waals surface area contributed by atoms with Crippen LogP contribution in [0.3, 0.4) is 0 Å². The molecule has 0 aliphatic carbocycles. The predicted octanol–water partition coefficient (Wildman–Crippen LogP) is -5.31. The van der Waals surface area contributed by atoms with E-state index in [1.807, 2.05) is 36.4 Å². The maximum Gasteiger partial charge on any atom is 1.00 e. The molecule has 0 fully saturated rings. The molecule has 0 amide bonds. The minimum Gasteiger partial charge on any atom is -0.784 e. The molecule has 0 aliphatic rings. The van der Waals surface area contributed by atoms with Crippen LogP contribution in [0.4, 0.5) is 0 Å². The predicted molar refractivity (Wildman–Crippen MR) is 36.1 cm³/mol. The first-order valence-corrected chi connectivity index (χ1v) is 3.50. The van der Waals surface area contributed by atoms with Crippen molar-refractivity contribution in [2.75, 3.05) is 0 Å². The number of hydrogen-bond acceptors (Lipinski definition) is 3. The van der Waals surface area contributed by atoms with Crippen LogP contribution < -0.4 is 59.1 Å². The fourth-order valence-electron chi connectivity index (χ4n) is 0.385. The monoisotopic (exact) mass is 204 g/mol. The van der Waals surface area contributed by atoms with Crippen LogP contribution in [-0.2, 0) is 11.4 Å². The van der Waals surface area contributed by atoms with E-state index in [1.165, 1.54) is 0 Å². The molecule has 0 saturated carbocycles. The van der Waals surface area contributed by atoms with Crippen LogP contribution in [0, 0.1) is 0 Å². The van der Waals surface area contributed by atoms with Gasteiger partial charge in [0.15, 0.2) is 0 Å². The summed E-state index contributed by atoms with van der Waals surface area (Å²) in [7, 11) is 0. The van der Waals surface area contributed by atoms with Crippen molar-refractivity contribution in [3.63, 3.8) is 0 Å². The average Bonchev–Trinajstić information content (AvgIpc) is 1.90. The third kappa shape index (κ3) is 22.5. The summed E-state index contributed by atoms with van der Waals surface area (Å²) < 4.78 is 25.3. The number of benzene rings is 1. The van der Waals surface area contributed by atoms with Crippen LogP contribution in [0.25, 0.3) is 0 Å². The standard InChI is InChI=1S/C6H6.2Na.H2O3S/c1-2-4-6-5-3-1;;;1-4(2)3/h1-6H;;;(H2,1,2,3)/q;2*+1;/p-2. The molecule has 1 aromatic carbocycles. The first kappa shape index (κ1) is 19.0. The van der Waals surface area contributed by atoms with Gasteiger partial charge in [-0.25, -0.2) is 0 Å². The smallest absolute Gasteiger partial charge is 0.784 e. The van der Waals surface area contributed by atoms with Crippen LogP contribution in [0.1, 0.15) is 0 Å². The van der Waals surface area contributed by atoms with Crippen LogP contribution in [0.5, 0.6) is 0 Å². The Bertz CT molecular complexity index is 153. The van der Waals surface area contributed by atoms with Crippen molar-refractivity contribution >= 4 is 11.4 Å². The van der Waals surface area contributed by atoms with E-state index < -0.39 is 11.4 Å². The molecular formula is C6H6Na2O3S. The van der Waals surface area contributed by atoms with E-state index in [-0.39, 0.29) is 59.1 Å². The maximum atomic E-state index is 8.44. The molecular weight excluding hydrogens is 198 g/mol. The summed E-state index contributed by atoms with van der Waals surface area (Å²) in [6.07, 6.45) is 0. The van der Waals surface area contributed by atoms with Crippen LogP contribution >= 0.6 is 0 Å². The minimum absolute atomic E-state index is 0. The van der Waals surface area contributed by atoms with Gasteiger partial charge in [0, 0.05) is 0 Å². The van der Waals surface area contributed by atoms with E-state index in [0.29, 0.717) is 0 Å². The van der Waals surface area contributed by atoms with Gasteiger partial charge in [0.05, 0.1) is 0 Å². The molecule has 0 bridgehead atoms. The van der Waals surface area contributed by atoms with Crippen molar-refractivity contribution in [3.05, 3.63) is 36.4 Å². The summed E-state index contributed by atoms with van der Waals surface area (Å²) in [5.41, 5.74) is 0. The molecule has 1 rings (SSSR count). The van der Waals surface area contributed by atoms with Crippen molar-refractivity contribution in [2.24, 2.45) is 0 Å². The second-order valence-corrected chi connectivity index (χ2v) is 1.77. The summed E-state index contributed by atoms with van der Waals surface area (Å²) >= 11 is -3.11. The zero-order valence-corrected chi connectivity index (χ0v) is 11.9. The molecule has 0 saturated heterocycles. The van der Waals surface area contributed by atoms with Gasteiger partial charge in [-0.05, 0) is 0 Å². The molecule has 0 N–H and O–H groups in total. The normalized spacial score (nSPS) is 6.92. The van der Waals surface area contributed by atoms with Gasteiger partial charge in [0.2, 0.25) is 0 Å². The molecule has 0 aromatic heterocycles. The largest absolute Gasteiger partial charge is 1.00 e. The van der Waals surface area contributed by atoms with E-state index in [2.05, 4.69) is 0 Å². The molecule has 0 heterocycles. The quantitative estimate of drug-likeness (QED) is 0.313. The van der Waals surface area contributed by atoms with E-state index in [1.54, 1.807) is 0 Å². The van der Waals surface area contributed by atoms with Gasteiger partial charge >= 0.3 is 59.1 Å². The summed E-state index contributed by atoms with van der Waals surface area (Å²) in [6.45, 7) is 0. The first-order valence-electron chi connectivity index (χ1n) is 2.50. The molecule has 6 heteroatoms. The Balaban J connectivity index is -0.000000124. The zero-order valence-electron chi connectivity index (χ0n) is 7.10. The van der Waals surface area contributed by atoms with Crippen molar-refractivity contribution in [3.8, 4) is 0 Å². The van der Waals surface area contributed by atoms with Crippen LogP contribution in [0.2, 0.25) is 0 Å². The number of rotatable bonds is 0. The van der Waals surface area contributed by atoms with Gasteiger partial charge in [-0.3, -0.25) is 4.21 Å². The molecule has 0 spiro atoms. The van der Waals surface area contributed by atoms with E-state index in [0.717, 1.165) is 0 Å². The Hall–Kier alpha value is 1.29. The molecule has 56 valence electrons. The van der Waals surface area contributed by atoms with Crippen molar-refractivity contribution in [1.82, 2.24) is 0 Å². The van der Waals surface area contributed by atoms with Crippen molar-refractivity contribution < 1.29 is 72.4 Å². The van der Waals surface area contributed by atoms with Gasteiger partial charge in [-0.2, -0.15) is 0 Å². The Kier molecular flexibility index (Phi) is 23.4. The van der Waals surface area contributed by atoms with Gasteiger partial charge in [-0.15, -0.1) is 11.4 Å². The molecule has 0 radical (unpaired) electrons. The third-order valence-corrected chi connectivity index (χ3v) is 0.667. The molecule has 0 aliphatic heterocycles. The fourth-order valence-corrected chi connectivity index (χ4v) is 0.385. The minimum atomic E-state index is -3.11. The molecule has 12 heavy (non-hydrogen) atoms. The Morgan fingerprint density at radius 3 is 0.917 bits per heavy atom. The Labute approximate surface area is 119 Å². The molecule has 1 aromatic rings. The van der Waals surface area contributed by atoms with Gasteiger partial charge < -0.3 is 9.11 Å². The maximum absolute atomic E-state index is 8.44. The first-order chi connectivity index (χ1) is 4.73. The van der Waals surface area contributed by atoms with E-state index in [4.69, 9.17) is 13.3 Å².